The van der Waals surface area contributed by atoms with Gasteiger partial charge in [0.25, 0.3) is 0 Å². The lowest BCUT2D eigenvalue weighted by Crippen LogP contribution is -3.00. The predicted octanol–water partition coefficient (Wildman–Crippen LogP) is -2.15. The molecule has 0 bridgehead atoms. The van der Waals surface area contributed by atoms with Crippen molar-refractivity contribution in [3.63, 3.8) is 0 Å². The number of hydrogen-bond donors (Lipinski definition) is 0. The second-order valence-electron chi connectivity index (χ2n) is 4.27. The number of halogens is 1. The van der Waals surface area contributed by atoms with Crippen molar-refractivity contribution in [2.24, 2.45) is 0 Å². The Balaban J connectivity index is 0.00000144. The minimum absolute atomic E-state index is 0. The number of epoxide rings is 1. The molecule has 0 aromatic rings. The van der Waals surface area contributed by atoms with Crippen LogP contribution in [0, 0.1) is 0 Å². The Labute approximate surface area is 87.0 Å². The molecule has 1 saturated heterocycles. The van der Waals surface area contributed by atoms with Gasteiger partial charge in [0.2, 0.25) is 0 Å². The predicted molar refractivity (Wildman–Crippen MR) is 47.8 cm³/mol. The van der Waals surface area contributed by atoms with E-state index in [4.69, 9.17) is 9.47 Å². The molecule has 2 atom stereocenters. The molecule has 0 radical (unpaired) electrons. The maximum atomic E-state index is 5.73. The van der Waals surface area contributed by atoms with E-state index in [-0.39, 0.29) is 12.4 Å². The van der Waals surface area contributed by atoms with Gasteiger partial charge in [-0.2, -0.15) is 0 Å². The van der Waals surface area contributed by atoms with Gasteiger partial charge < -0.3 is 26.4 Å². The molecule has 0 amide bonds. The third-order valence-electron chi connectivity index (χ3n) is 2.09. The van der Waals surface area contributed by atoms with Crippen molar-refractivity contribution in [2.75, 3.05) is 34.4 Å². The molecule has 80 valence electrons. The van der Waals surface area contributed by atoms with Gasteiger partial charge in [-0.25, -0.2) is 0 Å². The molecule has 1 aliphatic rings. The molecule has 0 saturated carbocycles. The molecule has 0 aromatic heterocycles. The maximum Gasteiger partial charge on any atom is 0.192 e. The molecular weight excluding hydrogens is 190 g/mol. The zero-order valence-electron chi connectivity index (χ0n) is 8.92. The van der Waals surface area contributed by atoms with E-state index in [0.717, 1.165) is 24.1 Å². The van der Waals surface area contributed by atoms with E-state index >= 15 is 0 Å². The first-order valence-electron chi connectivity index (χ1n) is 4.58. The fourth-order valence-corrected chi connectivity index (χ4v) is 1.27. The standard InChI is InChI=1S/C9H20NO2.ClH/c1-5-9(10(2,3)4)12-7-8-6-11-8;/h8-9H,5-7H2,1-4H3;1H/q+1;/p-1. The SMILES string of the molecule is CCC(OCC1CO1)[N+](C)(C)C.[Cl-]. The molecule has 3 nitrogen and oxygen atoms in total. The van der Waals surface area contributed by atoms with Crippen molar-refractivity contribution in [1.82, 2.24) is 0 Å². The Morgan fingerprint density at radius 1 is 1.46 bits per heavy atom. The van der Waals surface area contributed by atoms with Gasteiger partial charge in [-0.3, -0.25) is 0 Å². The van der Waals surface area contributed by atoms with Crippen LogP contribution in [0.25, 0.3) is 0 Å². The summed E-state index contributed by atoms with van der Waals surface area (Å²) in [4.78, 5) is 0. The minimum atomic E-state index is 0. The minimum Gasteiger partial charge on any atom is -1.00 e. The van der Waals surface area contributed by atoms with Crippen molar-refractivity contribution >= 4 is 0 Å². The lowest BCUT2D eigenvalue weighted by atomic mass is 10.3. The van der Waals surface area contributed by atoms with Crippen molar-refractivity contribution in [2.45, 2.75) is 25.7 Å². The summed E-state index contributed by atoms with van der Waals surface area (Å²) in [5.74, 6) is 0. The zero-order chi connectivity index (χ0) is 9.19. The largest absolute Gasteiger partial charge is 1.00 e. The topological polar surface area (TPSA) is 21.8 Å². The summed E-state index contributed by atoms with van der Waals surface area (Å²) in [6.07, 6.45) is 1.73. The molecule has 1 heterocycles. The summed E-state index contributed by atoms with van der Waals surface area (Å²) in [5.41, 5.74) is 0. The molecule has 1 rings (SSSR count). The lowest BCUT2D eigenvalue weighted by molar-refractivity contribution is -0.920. The fourth-order valence-electron chi connectivity index (χ4n) is 1.27. The van der Waals surface area contributed by atoms with Gasteiger partial charge >= 0.3 is 0 Å². The highest BCUT2D eigenvalue weighted by Crippen LogP contribution is 2.14. The van der Waals surface area contributed by atoms with Crippen LogP contribution in [0.3, 0.4) is 0 Å². The maximum absolute atomic E-state index is 5.73. The second-order valence-corrected chi connectivity index (χ2v) is 4.27. The zero-order valence-corrected chi connectivity index (χ0v) is 9.67. The highest BCUT2D eigenvalue weighted by atomic mass is 35.5. The van der Waals surface area contributed by atoms with Crippen LogP contribution in [0.5, 0.6) is 0 Å². The van der Waals surface area contributed by atoms with E-state index in [1.165, 1.54) is 0 Å². The van der Waals surface area contributed by atoms with Crippen molar-refractivity contribution in [3.05, 3.63) is 0 Å². The van der Waals surface area contributed by atoms with E-state index < -0.39 is 0 Å². The Kier molecular flexibility index (Phi) is 5.22. The summed E-state index contributed by atoms with van der Waals surface area (Å²) in [6.45, 7) is 3.80. The Morgan fingerprint density at radius 3 is 2.31 bits per heavy atom. The average Bonchev–Trinajstić information content (AvgIpc) is 2.69. The normalized spacial score (nSPS) is 23.5. The second kappa shape index (κ2) is 5.15. The smallest absolute Gasteiger partial charge is 0.192 e. The first-order chi connectivity index (χ1) is 5.54. The average molecular weight is 210 g/mol. The number of quaternary nitrogens is 1. The van der Waals surface area contributed by atoms with Crippen LogP contribution < -0.4 is 12.4 Å². The first-order valence-corrected chi connectivity index (χ1v) is 4.58. The van der Waals surface area contributed by atoms with E-state index in [0.29, 0.717) is 12.3 Å². The molecule has 4 heteroatoms. The molecule has 1 aliphatic heterocycles. The number of rotatable bonds is 5. The van der Waals surface area contributed by atoms with Crippen LogP contribution in [-0.4, -0.2) is 51.2 Å². The third kappa shape index (κ3) is 4.81. The van der Waals surface area contributed by atoms with Gasteiger partial charge in [-0.05, 0) is 0 Å². The van der Waals surface area contributed by atoms with Gasteiger partial charge in [0, 0.05) is 6.42 Å². The summed E-state index contributed by atoms with van der Waals surface area (Å²) < 4.78 is 11.7. The molecule has 0 N–H and O–H groups in total. The van der Waals surface area contributed by atoms with Crippen LogP contribution >= 0.6 is 0 Å². The molecule has 0 aromatic carbocycles. The molecule has 0 spiro atoms. The quantitative estimate of drug-likeness (QED) is 0.293. The Hall–Kier alpha value is 0.170. The summed E-state index contributed by atoms with van der Waals surface area (Å²) in [5, 5.41) is 0. The van der Waals surface area contributed by atoms with E-state index in [1.807, 2.05) is 0 Å². The summed E-state index contributed by atoms with van der Waals surface area (Å²) >= 11 is 0. The summed E-state index contributed by atoms with van der Waals surface area (Å²) in [6, 6.07) is 0. The fraction of sp³-hybridized carbons (Fsp3) is 1.00. The van der Waals surface area contributed by atoms with E-state index in [2.05, 4.69) is 28.1 Å². The van der Waals surface area contributed by atoms with Gasteiger partial charge in [0.05, 0.1) is 34.4 Å². The van der Waals surface area contributed by atoms with E-state index in [9.17, 15) is 0 Å². The van der Waals surface area contributed by atoms with Gasteiger partial charge in [-0.1, -0.05) is 6.92 Å². The van der Waals surface area contributed by atoms with Gasteiger partial charge in [-0.15, -0.1) is 0 Å². The third-order valence-corrected chi connectivity index (χ3v) is 2.09. The van der Waals surface area contributed by atoms with Crippen molar-refractivity contribution < 1.29 is 26.4 Å². The van der Waals surface area contributed by atoms with Crippen LogP contribution in [0.1, 0.15) is 13.3 Å². The Bertz CT molecular complexity index is 143. The van der Waals surface area contributed by atoms with Gasteiger partial charge in [0.1, 0.15) is 6.10 Å². The highest BCUT2D eigenvalue weighted by Gasteiger charge is 2.28. The number of hydrogen-bond acceptors (Lipinski definition) is 2. The molecule has 0 aliphatic carbocycles. The highest BCUT2D eigenvalue weighted by molar-refractivity contribution is 4.67. The van der Waals surface area contributed by atoms with E-state index in [1.54, 1.807) is 0 Å². The Morgan fingerprint density at radius 2 is 2.00 bits per heavy atom. The monoisotopic (exact) mass is 209 g/mol. The number of nitrogens with zero attached hydrogens (tertiary/aromatic N) is 1. The van der Waals surface area contributed by atoms with Crippen LogP contribution in [-0.2, 0) is 9.47 Å². The van der Waals surface area contributed by atoms with Crippen LogP contribution in [0.4, 0.5) is 0 Å². The van der Waals surface area contributed by atoms with Crippen LogP contribution in [0.15, 0.2) is 0 Å². The molecule has 2 unspecified atom stereocenters. The lowest BCUT2D eigenvalue weighted by Gasteiger charge is -2.32. The molecular formula is C9H20ClNO2. The first kappa shape index (κ1) is 13.2. The van der Waals surface area contributed by atoms with Crippen molar-refractivity contribution in [1.29, 1.82) is 0 Å². The number of ether oxygens (including phenoxy) is 2. The van der Waals surface area contributed by atoms with Crippen LogP contribution in [0.2, 0.25) is 0 Å². The van der Waals surface area contributed by atoms with Crippen molar-refractivity contribution in [3.8, 4) is 0 Å². The van der Waals surface area contributed by atoms with Gasteiger partial charge in [0.15, 0.2) is 6.23 Å². The molecule has 1 fully saturated rings. The molecule has 13 heavy (non-hydrogen) atoms. The summed E-state index contributed by atoms with van der Waals surface area (Å²) in [7, 11) is 6.46.